The lowest BCUT2D eigenvalue weighted by Gasteiger charge is -2.19. The van der Waals surface area contributed by atoms with Gasteiger partial charge in [-0.25, -0.2) is 0 Å². The minimum Gasteiger partial charge on any atom is -0.385 e. The third-order valence-corrected chi connectivity index (χ3v) is 2.07. The van der Waals surface area contributed by atoms with Gasteiger partial charge in [-0.3, -0.25) is 0 Å². The topological polar surface area (TPSA) is 24.1 Å². The summed E-state index contributed by atoms with van der Waals surface area (Å²) in [6.07, 6.45) is 4.58. The van der Waals surface area contributed by atoms with E-state index in [4.69, 9.17) is 0 Å². The third-order valence-electron chi connectivity index (χ3n) is 2.07. The molecule has 0 radical (unpaired) electrons. The molecule has 0 heterocycles. The van der Waals surface area contributed by atoms with Crippen LogP contribution in [-0.2, 0) is 0 Å². The summed E-state index contributed by atoms with van der Waals surface area (Å²) in [6, 6.07) is 0.571. The first-order valence-electron chi connectivity index (χ1n) is 5.70. The predicted molar refractivity (Wildman–Crippen MR) is 64.4 cm³/mol. The largest absolute Gasteiger partial charge is 0.385 e. The highest BCUT2D eigenvalue weighted by Gasteiger charge is 2.05. The van der Waals surface area contributed by atoms with Gasteiger partial charge in [-0.05, 0) is 32.7 Å². The Morgan fingerprint density at radius 1 is 1.29 bits per heavy atom. The zero-order chi connectivity index (χ0) is 11.0. The molecule has 0 bridgehead atoms. The average molecular weight is 198 g/mol. The average Bonchev–Trinajstić information content (AvgIpc) is 2.03. The van der Waals surface area contributed by atoms with E-state index in [1.807, 2.05) is 7.05 Å². The number of likely N-dealkylation sites (N-methyl/N-ethyl adjacent to an activating group) is 1. The zero-order valence-corrected chi connectivity index (χ0v) is 10.4. The van der Waals surface area contributed by atoms with Crippen molar-refractivity contribution in [3.8, 4) is 0 Å². The van der Waals surface area contributed by atoms with Crippen LogP contribution >= 0.6 is 0 Å². The molecular formula is C12H26N2. The van der Waals surface area contributed by atoms with Crippen molar-refractivity contribution >= 4 is 0 Å². The van der Waals surface area contributed by atoms with Crippen LogP contribution in [0, 0.1) is 5.92 Å². The molecule has 0 aromatic heterocycles. The van der Waals surface area contributed by atoms with Crippen molar-refractivity contribution in [3.05, 3.63) is 11.8 Å². The molecule has 2 heteroatoms. The lowest BCUT2D eigenvalue weighted by atomic mass is 10.1. The maximum absolute atomic E-state index is 3.55. The van der Waals surface area contributed by atoms with Crippen molar-refractivity contribution < 1.29 is 0 Å². The van der Waals surface area contributed by atoms with Crippen LogP contribution in [0.5, 0.6) is 0 Å². The lowest BCUT2D eigenvalue weighted by molar-refractivity contribution is 0.466. The molecule has 0 spiro atoms. The van der Waals surface area contributed by atoms with Crippen LogP contribution in [0.3, 0.4) is 0 Å². The molecule has 0 amide bonds. The standard InChI is InChI=1S/C12H26N2/c1-6-7-12(9-13-5)14-11(4)8-10(2)3/h7,10-11,13-14H,6,8-9H2,1-5H3/b12-7+. The summed E-state index contributed by atoms with van der Waals surface area (Å²) in [7, 11) is 1.98. The minimum atomic E-state index is 0.571. The maximum atomic E-state index is 3.55. The second-order valence-electron chi connectivity index (χ2n) is 4.34. The summed E-state index contributed by atoms with van der Waals surface area (Å²) in [5.41, 5.74) is 1.32. The minimum absolute atomic E-state index is 0.571. The highest BCUT2D eigenvalue weighted by Crippen LogP contribution is 2.05. The molecule has 0 aliphatic carbocycles. The van der Waals surface area contributed by atoms with Gasteiger partial charge in [0.15, 0.2) is 0 Å². The van der Waals surface area contributed by atoms with Crippen molar-refractivity contribution in [2.24, 2.45) is 5.92 Å². The molecule has 2 nitrogen and oxygen atoms in total. The molecule has 1 atom stereocenters. The molecule has 0 fully saturated rings. The first kappa shape index (κ1) is 13.5. The molecule has 0 aliphatic rings. The fourth-order valence-electron chi connectivity index (χ4n) is 1.70. The molecule has 0 rings (SSSR count). The van der Waals surface area contributed by atoms with Crippen LogP contribution < -0.4 is 10.6 Å². The molecule has 14 heavy (non-hydrogen) atoms. The Balaban J connectivity index is 3.95. The third kappa shape index (κ3) is 6.96. The van der Waals surface area contributed by atoms with E-state index in [2.05, 4.69) is 44.4 Å². The highest BCUT2D eigenvalue weighted by molar-refractivity contribution is 5.02. The summed E-state index contributed by atoms with van der Waals surface area (Å²) >= 11 is 0. The molecule has 84 valence electrons. The molecule has 0 aromatic carbocycles. The predicted octanol–water partition coefficient (Wildman–Crippen LogP) is 2.52. The van der Waals surface area contributed by atoms with Crippen molar-refractivity contribution in [3.63, 3.8) is 0 Å². The Morgan fingerprint density at radius 3 is 2.36 bits per heavy atom. The Kier molecular flexibility index (Phi) is 7.58. The van der Waals surface area contributed by atoms with E-state index in [0.29, 0.717) is 6.04 Å². The SMILES string of the molecule is CC/C=C(\CNC)NC(C)CC(C)C. The monoisotopic (exact) mass is 198 g/mol. The fraction of sp³-hybridized carbons (Fsp3) is 0.833. The van der Waals surface area contributed by atoms with E-state index in [0.717, 1.165) is 18.9 Å². The van der Waals surface area contributed by atoms with Gasteiger partial charge >= 0.3 is 0 Å². The van der Waals surface area contributed by atoms with Crippen LogP contribution in [0.1, 0.15) is 40.5 Å². The van der Waals surface area contributed by atoms with Crippen molar-refractivity contribution in [2.75, 3.05) is 13.6 Å². The zero-order valence-electron chi connectivity index (χ0n) is 10.4. The Hall–Kier alpha value is -0.500. The molecule has 0 saturated carbocycles. The molecule has 0 saturated heterocycles. The Bertz CT molecular complexity index is 162. The molecule has 0 aliphatic heterocycles. The van der Waals surface area contributed by atoms with E-state index in [1.165, 1.54) is 12.1 Å². The Labute approximate surface area is 89.2 Å². The van der Waals surface area contributed by atoms with Gasteiger partial charge in [0.2, 0.25) is 0 Å². The summed E-state index contributed by atoms with van der Waals surface area (Å²) in [5.74, 6) is 0.759. The number of rotatable bonds is 7. The fourth-order valence-corrected chi connectivity index (χ4v) is 1.70. The lowest BCUT2D eigenvalue weighted by Crippen LogP contribution is -2.31. The second-order valence-corrected chi connectivity index (χ2v) is 4.34. The Morgan fingerprint density at radius 2 is 1.93 bits per heavy atom. The number of allylic oxidation sites excluding steroid dienone is 1. The normalized spacial score (nSPS) is 14.6. The second kappa shape index (κ2) is 7.86. The molecule has 1 unspecified atom stereocenters. The summed E-state index contributed by atoms with van der Waals surface area (Å²) in [5, 5.41) is 6.73. The van der Waals surface area contributed by atoms with Gasteiger partial charge in [0.1, 0.15) is 0 Å². The maximum Gasteiger partial charge on any atom is 0.0348 e. The number of hydrogen-bond donors (Lipinski definition) is 2. The van der Waals surface area contributed by atoms with E-state index in [-0.39, 0.29) is 0 Å². The van der Waals surface area contributed by atoms with Crippen LogP contribution in [-0.4, -0.2) is 19.6 Å². The molecule has 0 aromatic rings. The number of nitrogens with one attached hydrogen (secondary N) is 2. The summed E-state index contributed by atoms with van der Waals surface area (Å²) in [4.78, 5) is 0. The van der Waals surface area contributed by atoms with E-state index >= 15 is 0 Å². The first-order chi connectivity index (χ1) is 6.60. The number of hydrogen-bond acceptors (Lipinski definition) is 2. The highest BCUT2D eigenvalue weighted by atomic mass is 15.0. The summed E-state index contributed by atoms with van der Waals surface area (Å²) in [6.45, 7) is 9.89. The van der Waals surface area contributed by atoms with Crippen molar-refractivity contribution in [1.29, 1.82) is 0 Å². The van der Waals surface area contributed by atoms with Crippen LogP contribution in [0.4, 0.5) is 0 Å². The smallest absolute Gasteiger partial charge is 0.0348 e. The van der Waals surface area contributed by atoms with Crippen LogP contribution in [0.25, 0.3) is 0 Å². The summed E-state index contributed by atoms with van der Waals surface area (Å²) < 4.78 is 0. The van der Waals surface area contributed by atoms with E-state index in [1.54, 1.807) is 0 Å². The van der Waals surface area contributed by atoms with Gasteiger partial charge in [-0.15, -0.1) is 0 Å². The first-order valence-corrected chi connectivity index (χ1v) is 5.70. The molecule has 2 N–H and O–H groups in total. The van der Waals surface area contributed by atoms with E-state index in [9.17, 15) is 0 Å². The van der Waals surface area contributed by atoms with E-state index < -0.39 is 0 Å². The van der Waals surface area contributed by atoms with Gasteiger partial charge in [-0.2, -0.15) is 0 Å². The van der Waals surface area contributed by atoms with Crippen molar-refractivity contribution in [1.82, 2.24) is 10.6 Å². The quantitative estimate of drug-likeness (QED) is 0.657. The van der Waals surface area contributed by atoms with Gasteiger partial charge in [0, 0.05) is 18.3 Å². The molecular weight excluding hydrogens is 172 g/mol. The van der Waals surface area contributed by atoms with Crippen molar-refractivity contribution in [2.45, 2.75) is 46.6 Å². The van der Waals surface area contributed by atoms with Gasteiger partial charge in [-0.1, -0.05) is 26.8 Å². The van der Waals surface area contributed by atoms with Crippen LogP contribution in [0.15, 0.2) is 11.8 Å². The van der Waals surface area contributed by atoms with Gasteiger partial charge in [0.05, 0.1) is 0 Å². The van der Waals surface area contributed by atoms with Crippen LogP contribution in [0.2, 0.25) is 0 Å². The van der Waals surface area contributed by atoms with Gasteiger partial charge < -0.3 is 10.6 Å². The van der Waals surface area contributed by atoms with Gasteiger partial charge in [0.25, 0.3) is 0 Å².